The van der Waals surface area contributed by atoms with Crippen LogP contribution in [-0.2, 0) is 4.74 Å². The molecular weight excluding hydrogens is 126 g/mol. The van der Waals surface area contributed by atoms with E-state index < -0.39 is 0 Å². The molecule has 0 aliphatic heterocycles. The zero-order chi connectivity index (χ0) is 7.40. The monoisotopic (exact) mass is 139 g/mol. The lowest BCUT2D eigenvalue weighted by atomic mass is 10.1. The Kier molecular flexibility index (Phi) is 2.51. The largest absolute Gasteiger partial charge is 0.494 e. The maximum Gasteiger partial charge on any atom is 0.115 e. The van der Waals surface area contributed by atoms with Gasteiger partial charge in [0.05, 0.1) is 6.61 Å². The molecule has 10 heavy (non-hydrogen) atoms. The van der Waals surface area contributed by atoms with Gasteiger partial charge in [0.2, 0.25) is 0 Å². The standard InChI is InChI=1S/C8H13NO/c1-2-10-8-5-3-7(9)4-6-8/h3,5-7H,2,4,9H2,1H3. The molecule has 0 heterocycles. The molecule has 1 aliphatic rings. The molecule has 2 heteroatoms. The third-order valence-electron chi connectivity index (χ3n) is 1.41. The van der Waals surface area contributed by atoms with Crippen LogP contribution in [0, 0.1) is 0 Å². The van der Waals surface area contributed by atoms with Crippen molar-refractivity contribution in [2.45, 2.75) is 19.4 Å². The third kappa shape index (κ3) is 1.88. The highest BCUT2D eigenvalue weighted by molar-refractivity contribution is 5.19. The Balaban J connectivity index is 2.42. The quantitative estimate of drug-likeness (QED) is 0.623. The molecule has 0 saturated heterocycles. The first-order chi connectivity index (χ1) is 4.83. The topological polar surface area (TPSA) is 35.2 Å². The molecule has 1 atom stereocenters. The van der Waals surface area contributed by atoms with Crippen molar-refractivity contribution in [3.05, 3.63) is 24.0 Å². The van der Waals surface area contributed by atoms with E-state index in [0.29, 0.717) is 0 Å². The highest BCUT2D eigenvalue weighted by Crippen LogP contribution is 2.09. The van der Waals surface area contributed by atoms with Crippen molar-refractivity contribution in [3.63, 3.8) is 0 Å². The number of ether oxygens (including phenoxy) is 1. The molecule has 1 rings (SSSR count). The van der Waals surface area contributed by atoms with Gasteiger partial charge >= 0.3 is 0 Å². The van der Waals surface area contributed by atoms with Crippen molar-refractivity contribution in [1.29, 1.82) is 0 Å². The van der Waals surface area contributed by atoms with Crippen molar-refractivity contribution < 1.29 is 4.74 Å². The van der Waals surface area contributed by atoms with E-state index in [2.05, 4.69) is 0 Å². The predicted molar refractivity (Wildman–Crippen MR) is 41.4 cm³/mol. The van der Waals surface area contributed by atoms with Gasteiger partial charge < -0.3 is 10.5 Å². The van der Waals surface area contributed by atoms with Gasteiger partial charge in [0.1, 0.15) is 5.76 Å². The minimum Gasteiger partial charge on any atom is -0.494 e. The van der Waals surface area contributed by atoms with Gasteiger partial charge in [-0.2, -0.15) is 0 Å². The van der Waals surface area contributed by atoms with Crippen LogP contribution in [0.5, 0.6) is 0 Å². The summed E-state index contributed by atoms with van der Waals surface area (Å²) < 4.78 is 5.25. The summed E-state index contributed by atoms with van der Waals surface area (Å²) >= 11 is 0. The number of hydrogen-bond acceptors (Lipinski definition) is 2. The van der Waals surface area contributed by atoms with E-state index in [1.807, 2.05) is 25.2 Å². The number of allylic oxidation sites excluding steroid dienone is 1. The van der Waals surface area contributed by atoms with E-state index in [4.69, 9.17) is 10.5 Å². The van der Waals surface area contributed by atoms with Crippen LogP contribution < -0.4 is 5.73 Å². The highest BCUT2D eigenvalue weighted by Gasteiger charge is 2.02. The summed E-state index contributed by atoms with van der Waals surface area (Å²) in [7, 11) is 0. The highest BCUT2D eigenvalue weighted by atomic mass is 16.5. The average molecular weight is 139 g/mol. The zero-order valence-electron chi connectivity index (χ0n) is 6.21. The van der Waals surface area contributed by atoms with Crippen LogP contribution >= 0.6 is 0 Å². The van der Waals surface area contributed by atoms with E-state index in [1.54, 1.807) is 0 Å². The van der Waals surface area contributed by atoms with Gasteiger partial charge in [-0.05, 0) is 25.5 Å². The molecule has 0 radical (unpaired) electrons. The molecular formula is C8H13NO. The van der Waals surface area contributed by atoms with Gasteiger partial charge in [0.25, 0.3) is 0 Å². The summed E-state index contributed by atoms with van der Waals surface area (Å²) in [5.41, 5.74) is 5.61. The zero-order valence-corrected chi connectivity index (χ0v) is 6.21. The second-order valence-corrected chi connectivity index (χ2v) is 2.30. The molecule has 56 valence electrons. The first-order valence-corrected chi connectivity index (χ1v) is 3.59. The lowest BCUT2D eigenvalue weighted by Gasteiger charge is -2.11. The summed E-state index contributed by atoms with van der Waals surface area (Å²) in [6.45, 7) is 2.70. The summed E-state index contributed by atoms with van der Waals surface area (Å²) in [6, 6.07) is 0.184. The molecule has 1 aliphatic carbocycles. The SMILES string of the molecule is CCOC1=CCC(N)C=C1. The molecule has 0 aromatic carbocycles. The second kappa shape index (κ2) is 3.42. The molecule has 0 amide bonds. The van der Waals surface area contributed by atoms with Crippen LogP contribution in [0.3, 0.4) is 0 Å². The van der Waals surface area contributed by atoms with Crippen LogP contribution in [0.2, 0.25) is 0 Å². The fraction of sp³-hybridized carbons (Fsp3) is 0.500. The Morgan fingerprint density at radius 1 is 1.80 bits per heavy atom. The van der Waals surface area contributed by atoms with E-state index in [0.717, 1.165) is 18.8 Å². The van der Waals surface area contributed by atoms with Gasteiger partial charge in [0.15, 0.2) is 0 Å². The molecule has 0 aromatic heterocycles. The first-order valence-electron chi connectivity index (χ1n) is 3.59. The van der Waals surface area contributed by atoms with Crippen molar-refractivity contribution in [2.24, 2.45) is 5.73 Å². The Hall–Kier alpha value is -0.760. The van der Waals surface area contributed by atoms with Gasteiger partial charge in [-0.25, -0.2) is 0 Å². The van der Waals surface area contributed by atoms with Gasteiger partial charge in [0, 0.05) is 6.04 Å². The lowest BCUT2D eigenvalue weighted by molar-refractivity contribution is 0.239. The summed E-state index contributed by atoms with van der Waals surface area (Å²) in [5.74, 6) is 0.948. The normalized spacial score (nSPS) is 24.2. The number of hydrogen-bond donors (Lipinski definition) is 1. The predicted octanol–water partition coefficient (Wildman–Crippen LogP) is 1.19. The Morgan fingerprint density at radius 3 is 3.10 bits per heavy atom. The number of rotatable bonds is 2. The lowest BCUT2D eigenvalue weighted by Crippen LogP contribution is -2.17. The maximum atomic E-state index is 5.61. The summed E-state index contributed by atoms with van der Waals surface area (Å²) in [4.78, 5) is 0. The summed E-state index contributed by atoms with van der Waals surface area (Å²) in [5, 5.41) is 0. The van der Waals surface area contributed by atoms with Crippen molar-refractivity contribution in [3.8, 4) is 0 Å². The molecule has 0 fully saturated rings. The van der Waals surface area contributed by atoms with Crippen LogP contribution in [0.4, 0.5) is 0 Å². The number of nitrogens with two attached hydrogens (primary N) is 1. The van der Waals surface area contributed by atoms with Crippen LogP contribution in [0.25, 0.3) is 0 Å². The molecule has 1 unspecified atom stereocenters. The van der Waals surface area contributed by atoms with Gasteiger partial charge in [-0.15, -0.1) is 0 Å². The Morgan fingerprint density at radius 2 is 2.60 bits per heavy atom. The van der Waals surface area contributed by atoms with Crippen LogP contribution in [0.15, 0.2) is 24.0 Å². The fourth-order valence-corrected chi connectivity index (χ4v) is 0.891. The molecule has 0 aromatic rings. The Labute approximate surface area is 61.4 Å². The minimum atomic E-state index is 0.184. The molecule has 2 nitrogen and oxygen atoms in total. The molecule has 0 bridgehead atoms. The van der Waals surface area contributed by atoms with Gasteiger partial charge in [-0.3, -0.25) is 0 Å². The maximum absolute atomic E-state index is 5.61. The van der Waals surface area contributed by atoms with E-state index in [-0.39, 0.29) is 6.04 Å². The van der Waals surface area contributed by atoms with Crippen LogP contribution in [-0.4, -0.2) is 12.6 Å². The third-order valence-corrected chi connectivity index (χ3v) is 1.41. The minimum absolute atomic E-state index is 0.184. The summed E-state index contributed by atoms with van der Waals surface area (Å²) in [6.07, 6.45) is 6.81. The molecule has 2 N–H and O–H groups in total. The van der Waals surface area contributed by atoms with E-state index >= 15 is 0 Å². The van der Waals surface area contributed by atoms with Gasteiger partial charge in [-0.1, -0.05) is 6.08 Å². The van der Waals surface area contributed by atoms with E-state index in [1.165, 1.54) is 0 Å². The molecule has 0 spiro atoms. The first kappa shape index (κ1) is 7.35. The smallest absolute Gasteiger partial charge is 0.115 e. The van der Waals surface area contributed by atoms with Crippen molar-refractivity contribution >= 4 is 0 Å². The average Bonchev–Trinajstić information content (AvgIpc) is 1.95. The van der Waals surface area contributed by atoms with Crippen molar-refractivity contribution in [1.82, 2.24) is 0 Å². The van der Waals surface area contributed by atoms with E-state index in [9.17, 15) is 0 Å². The van der Waals surface area contributed by atoms with Crippen molar-refractivity contribution in [2.75, 3.05) is 6.61 Å². The van der Waals surface area contributed by atoms with Crippen LogP contribution in [0.1, 0.15) is 13.3 Å². The fourth-order valence-electron chi connectivity index (χ4n) is 0.891. The molecule has 0 saturated carbocycles. The second-order valence-electron chi connectivity index (χ2n) is 2.30. The Bertz CT molecular complexity index is 161.